The van der Waals surface area contributed by atoms with E-state index in [-0.39, 0.29) is 23.8 Å². The molecule has 0 aromatic rings. The predicted molar refractivity (Wildman–Crippen MR) is 71.7 cm³/mol. The molecule has 5 heteroatoms. The van der Waals surface area contributed by atoms with Crippen molar-refractivity contribution in [1.29, 1.82) is 0 Å². The van der Waals surface area contributed by atoms with Crippen molar-refractivity contribution >= 4 is 20.0 Å². The second kappa shape index (κ2) is 5.69. The number of methoxy groups -OCH3 is 2. The van der Waals surface area contributed by atoms with Crippen molar-refractivity contribution < 1.29 is 19.1 Å². The van der Waals surface area contributed by atoms with Crippen LogP contribution in [0.4, 0.5) is 0 Å². The first kappa shape index (κ1) is 15.0. The molecule has 1 rings (SSSR count). The van der Waals surface area contributed by atoms with E-state index in [1.807, 2.05) is 0 Å². The third-order valence-corrected chi connectivity index (χ3v) is 4.37. The van der Waals surface area contributed by atoms with Gasteiger partial charge in [-0.05, 0) is 12.8 Å². The van der Waals surface area contributed by atoms with Gasteiger partial charge in [-0.1, -0.05) is 30.9 Å². The summed E-state index contributed by atoms with van der Waals surface area (Å²) in [5, 5.41) is 0. The maximum absolute atomic E-state index is 11.7. The lowest BCUT2D eigenvalue weighted by Gasteiger charge is -2.13. The van der Waals surface area contributed by atoms with E-state index in [4.69, 9.17) is 9.47 Å². The minimum Gasteiger partial charge on any atom is -0.469 e. The summed E-state index contributed by atoms with van der Waals surface area (Å²) in [5.74, 6) is -1.40. The summed E-state index contributed by atoms with van der Waals surface area (Å²) in [6.45, 7) is 6.70. The molecule has 0 aliphatic heterocycles. The molecule has 0 aromatic heterocycles. The number of hydrogen-bond acceptors (Lipinski definition) is 4. The fourth-order valence-corrected chi connectivity index (χ4v) is 3.92. The fraction of sp³-hybridized carbons (Fsp3) is 0.692. The maximum Gasteiger partial charge on any atom is 0.309 e. The van der Waals surface area contributed by atoms with Gasteiger partial charge in [-0.3, -0.25) is 9.59 Å². The Morgan fingerprint density at radius 3 is 1.72 bits per heavy atom. The van der Waals surface area contributed by atoms with E-state index in [9.17, 15) is 9.59 Å². The van der Waals surface area contributed by atoms with Crippen LogP contribution in [0.1, 0.15) is 12.8 Å². The molecule has 0 amide bonds. The quantitative estimate of drug-likeness (QED) is 0.582. The van der Waals surface area contributed by atoms with Gasteiger partial charge in [-0.2, -0.15) is 0 Å². The highest BCUT2D eigenvalue weighted by atomic mass is 28.3. The molecule has 0 aromatic carbocycles. The molecule has 1 saturated carbocycles. The predicted octanol–water partition coefficient (Wildman–Crippen LogP) is 2.16. The molecule has 0 bridgehead atoms. The molecule has 1 aliphatic carbocycles. The molecule has 0 radical (unpaired) electrons. The SMILES string of the molecule is COC(=O)C1CC(=C[Si](C)(C)C)CC1C(=O)OC. The van der Waals surface area contributed by atoms with E-state index in [0.29, 0.717) is 12.8 Å². The lowest BCUT2D eigenvalue weighted by Crippen LogP contribution is -2.27. The molecular weight excluding hydrogens is 248 g/mol. The average Bonchev–Trinajstić information content (AvgIpc) is 2.68. The minimum absolute atomic E-state index is 0.315. The standard InChI is InChI=1S/C13H22O4Si/c1-16-12(14)10-6-9(8-18(3,4)5)7-11(10)13(15)17-2/h8,10-11H,6-7H2,1-5H3. The van der Waals surface area contributed by atoms with Gasteiger partial charge in [0.2, 0.25) is 0 Å². The number of carbonyl (C=O) groups excluding carboxylic acids is 2. The Bertz CT molecular complexity index is 342. The first-order valence-corrected chi connectivity index (χ1v) is 9.72. The summed E-state index contributed by atoms with van der Waals surface area (Å²) in [6.07, 6.45) is 1.24. The fourth-order valence-electron chi connectivity index (χ4n) is 2.46. The topological polar surface area (TPSA) is 52.6 Å². The molecule has 1 aliphatic rings. The molecular formula is C13H22O4Si. The van der Waals surface area contributed by atoms with Crippen molar-refractivity contribution in [3.8, 4) is 0 Å². The largest absolute Gasteiger partial charge is 0.469 e. The zero-order valence-corrected chi connectivity index (χ0v) is 12.8. The number of allylic oxidation sites excluding steroid dienone is 1. The van der Waals surface area contributed by atoms with Gasteiger partial charge in [0.15, 0.2) is 0 Å². The maximum atomic E-state index is 11.7. The van der Waals surface area contributed by atoms with Gasteiger partial charge in [-0.15, -0.1) is 0 Å². The van der Waals surface area contributed by atoms with E-state index in [1.165, 1.54) is 19.8 Å². The Balaban J connectivity index is 2.93. The Morgan fingerprint density at radius 1 is 1.06 bits per heavy atom. The number of ether oxygens (including phenoxy) is 2. The second-order valence-electron chi connectivity index (χ2n) is 5.84. The highest BCUT2D eigenvalue weighted by Gasteiger charge is 2.41. The molecule has 0 N–H and O–H groups in total. The van der Waals surface area contributed by atoms with Crippen LogP contribution in [0.15, 0.2) is 11.3 Å². The summed E-state index contributed by atoms with van der Waals surface area (Å²) in [4.78, 5) is 23.4. The van der Waals surface area contributed by atoms with E-state index < -0.39 is 8.07 Å². The van der Waals surface area contributed by atoms with Crippen molar-refractivity contribution in [3.05, 3.63) is 11.3 Å². The van der Waals surface area contributed by atoms with Gasteiger partial charge in [0, 0.05) is 0 Å². The van der Waals surface area contributed by atoms with Gasteiger partial charge >= 0.3 is 11.9 Å². The first-order valence-electron chi connectivity index (χ1n) is 6.14. The molecule has 2 atom stereocenters. The van der Waals surface area contributed by atoms with Crippen LogP contribution in [0.5, 0.6) is 0 Å². The Kier molecular flexibility index (Phi) is 4.73. The summed E-state index contributed by atoms with van der Waals surface area (Å²) in [7, 11) is 1.38. The van der Waals surface area contributed by atoms with Crippen LogP contribution in [-0.2, 0) is 19.1 Å². The Hall–Kier alpha value is -1.10. The van der Waals surface area contributed by atoms with Crippen molar-refractivity contribution in [2.75, 3.05) is 14.2 Å². The van der Waals surface area contributed by atoms with Crippen molar-refractivity contribution in [3.63, 3.8) is 0 Å². The van der Waals surface area contributed by atoms with Gasteiger partial charge < -0.3 is 9.47 Å². The summed E-state index contributed by atoms with van der Waals surface area (Å²) < 4.78 is 9.55. The third-order valence-electron chi connectivity index (χ3n) is 3.09. The van der Waals surface area contributed by atoms with E-state index in [2.05, 4.69) is 25.3 Å². The Labute approximate surface area is 109 Å². The Morgan fingerprint density at radius 2 is 1.44 bits per heavy atom. The van der Waals surface area contributed by atoms with Crippen LogP contribution in [0.25, 0.3) is 0 Å². The highest BCUT2D eigenvalue weighted by molar-refractivity contribution is 6.81. The van der Waals surface area contributed by atoms with E-state index >= 15 is 0 Å². The van der Waals surface area contributed by atoms with Gasteiger partial charge in [0.05, 0.1) is 34.1 Å². The van der Waals surface area contributed by atoms with Gasteiger partial charge in [0.1, 0.15) is 0 Å². The third kappa shape index (κ3) is 3.70. The van der Waals surface area contributed by atoms with Crippen LogP contribution >= 0.6 is 0 Å². The number of carbonyl (C=O) groups is 2. The monoisotopic (exact) mass is 270 g/mol. The van der Waals surface area contributed by atoms with Crippen molar-refractivity contribution in [1.82, 2.24) is 0 Å². The summed E-state index contributed by atoms with van der Waals surface area (Å²) in [6, 6.07) is 0. The number of rotatable bonds is 3. The molecule has 102 valence electrons. The molecule has 4 nitrogen and oxygen atoms in total. The zero-order chi connectivity index (χ0) is 13.9. The molecule has 0 heterocycles. The molecule has 1 fully saturated rings. The lowest BCUT2D eigenvalue weighted by molar-refractivity contribution is -0.156. The average molecular weight is 270 g/mol. The first-order chi connectivity index (χ1) is 8.28. The van der Waals surface area contributed by atoms with Crippen LogP contribution in [0.2, 0.25) is 19.6 Å². The highest BCUT2D eigenvalue weighted by Crippen LogP contribution is 2.38. The van der Waals surface area contributed by atoms with E-state index in [0.717, 1.165) is 0 Å². The number of hydrogen-bond donors (Lipinski definition) is 0. The van der Waals surface area contributed by atoms with Crippen LogP contribution in [-0.4, -0.2) is 34.2 Å². The normalized spacial score (nSPS) is 23.7. The lowest BCUT2D eigenvalue weighted by atomic mass is 9.96. The van der Waals surface area contributed by atoms with Crippen molar-refractivity contribution in [2.24, 2.45) is 11.8 Å². The smallest absolute Gasteiger partial charge is 0.309 e. The second-order valence-corrected chi connectivity index (χ2v) is 10.9. The van der Waals surface area contributed by atoms with Crippen LogP contribution < -0.4 is 0 Å². The zero-order valence-electron chi connectivity index (χ0n) is 11.8. The molecule has 18 heavy (non-hydrogen) atoms. The van der Waals surface area contributed by atoms with Crippen molar-refractivity contribution in [2.45, 2.75) is 32.5 Å². The van der Waals surface area contributed by atoms with Gasteiger partial charge in [-0.25, -0.2) is 0 Å². The number of esters is 2. The molecule has 0 spiro atoms. The van der Waals surface area contributed by atoms with Crippen LogP contribution in [0.3, 0.4) is 0 Å². The summed E-state index contributed by atoms with van der Waals surface area (Å²) >= 11 is 0. The molecule has 2 unspecified atom stereocenters. The van der Waals surface area contributed by atoms with Gasteiger partial charge in [0.25, 0.3) is 0 Å². The van der Waals surface area contributed by atoms with Crippen LogP contribution in [0, 0.1) is 11.8 Å². The minimum atomic E-state index is -1.34. The van der Waals surface area contributed by atoms with E-state index in [1.54, 1.807) is 0 Å². The molecule has 0 saturated heterocycles. The summed E-state index contributed by atoms with van der Waals surface area (Å²) in [5.41, 5.74) is 3.46.